The molecular weight excluding hydrogens is 386 g/mol. The summed E-state index contributed by atoms with van der Waals surface area (Å²) < 4.78 is 25.0. The molecule has 0 atom stereocenters. The van der Waals surface area contributed by atoms with Gasteiger partial charge in [0.1, 0.15) is 0 Å². The van der Waals surface area contributed by atoms with E-state index in [1.807, 2.05) is 6.20 Å². The minimum Gasteiger partial charge on any atom is -0.351 e. The zero-order chi connectivity index (χ0) is 20.1. The van der Waals surface area contributed by atoms with Gasteiger partial charge in [0, 0.05) is 37.3 Å². The average Bonchev–Trinajstić information content (AvgIpc) is 3.16. The predicted molar refractivity (Wildman–Crippen MR) is 114 cm³/mol. The summed E-state index contributed by atoms with van der Waals surface area (Å²) in [6, 6.07) is 6.63. The van der Waals surface area contributed by atoms with Gasteiger partial charge in [0.25, 0.3) is 0 Å². The molecule has 3 heterocycles. The van der Waals surface area contributed by atoms with Crippen LogP contribution < -0.4 is 10.6 Å². The summed E-state index contributed by atoms with van der Waals surface area (Å²) in [5.74, 6) is 1.23. The Morgan fingerprint density at radius 1 is 1.24 bits per heavy atom. The number of aromatic nitrogens is 2. The highest BCUT2D eigenvalue weighted by molar-refractivity contribution is 7.88. The van der Waals surface area contributed by atoms with Gasteiger partial charge in [-0.1, -0.05) is 18.2 Å². The van der Waals surface area contributed by atoms with Crippen LogP contribution in [-0.2, 0) is 10.0 Å². The van der Waals surface area contributed by atoms with E-state index in [1.54, 1.807) is 4.31 Å². The first-order valence-corrected chi connectivity index (χ1v) is 12.4. The Bertz CT molecular complexity index is 1000. The number of piperidine rings is 1. The van der Waals surface area contributed by atoms with Gasteiger partial charge >= 0.3 is 0 Å². The molecule has 0 bridgehead atoms. The standard InChI is InChI=1S/C21H29N5O2S/c1-29(27,28)26-9-5-17(6-10-26)24-20-23-13-15-3-2-4-18(19(15)25-20)16-11-21(12-16)7-8-22-14-21/h2-4,13,16-17,22H,5-12,14H2,1H3,(H,23,24,25). The third-order valence-corrected chi connectivity index (χ3v) is 8.33. The second kappa shape index (κ2) is 7.18. The van der Waals surface area contributed by atoms with E-state index in [2.05, 4.69) is 33.8 Å². The molecular formula is C21H29N5O2S. The highest BCUT2D eigenvalue weighted by Crippen LogP contribution is 2.55. The Morgan fingerprint density at radius 2 is 2.03 bits per heavy atom. The number of nitrogens with zero attached hydrogens (tertiary/aromatic N) is 3. The highest BCUT2D eigenvalue weighted by atomic mass is 32.2. The van der Waals surface area contributed by atoms with E-state index < -0.39 is 10.0 Å². The fraction of sp³-hybridized carbons (Fsp3) is 0.619. The summed E-state index contributed by atoms with van der Waals surface area (Å²) in [4.78, 5) is 9.41. The molecule has 0 radical (unpaired) electrons. The summed E-state index contributed by atoms with van der Waals surface area (Å²) in [5, 5.41) is 8.04. The number of nitrogens with one attached hydrogen (secondary N) is 2. The summed E-state index contributed by atoms with van der Waals surface area (Å²) in [6.45, 7) is 3.40. The first-order valence-electron chi connectivity index (χ1n) is 10.6. The van der Waals surface area contributed by atoms with Crippen molar-refractivity contribution in [2.24, 2.45) is 5.41 Å². The van der Waals surface area contributed by atoms with E-state index in [-0.39, 0.29) is 6.04 Å². The Balaban J connectivity index is 1.31. The van der Waals surface area contributed by atoms with Crippen LogP contribution in [0.2, 0.25) is 0 Å². The van der Waals surface area contributed by atoms with Crippen LogP contribution in [0, 0.1) is 5.41 Å². The molecule has 1 saturated carbocycles. The van der Waals surface area contributed by atoms with Gasteiger partial charge in [-0.3, -0.25) is 0 Å². The lowest BCUT2D eigenvalue weighted by atomic mass is 9.59. The number of sulfonamides is 1. The van der Waals surface area contributed by atoms with Crippen molar-refractivity contribution in [3.8, 4) is 0 Å². The van der Waals surface area contributed by atoms with E-state index in [1.165, 1.54) is 31.1 Å². The Labute approximate surface area is 172 Å². The van der Waals surface area contributed by atoms with Crippen molar-refractivity contribution in [2.45, 2.75) is 44.1 Å². The highest BCUT2D eigenvalue weighted by Gasteiger charge is 2.46. The van der Waals surface area contributed by atoms with Crippen LogP contribution in [0.4, 0.5) is 5.95 Å². The van der Waals surface area contributed by atoms with Crippen LogP contribution in [0.1, 0.15) is 43.6 Å². The van der Waals surface area contributed by atoms with E-state index in [0.29, 0.717) is 30.4 Å². The topological polar surface area (TPSA) is 87.2 Å². The van der Waals surface area contributed by atoms with E-state index in [0.717, 1.165) is 36.8 Å². The monoisotopic (exact) mass is 415 g/mol. The SMILES string of the molecule is CS(=O)(=O)N1CCC(Nc2ncc3cccc(C4CC5(CCNC5)C4)c3n2)CC1. The predicted octanol–water partition coefficient (Wildman–Crippen LogP) is 2.32. The van der Waals surface area contributed by atoms with Gasteiger partial charge in [-0.05, 0) is 55.5 Å². The second-order valence-corrected chi connectivity index (χ2v) is 11.1. The van der Waals surface area contributed by atoms with Crippen molar-refractivity contribution in [3.05, 3.63) is 30.0 Å². The van der Waals surface area contributed by atoms with Crippen molar-refractivity contribution in [1.29, 1.82) is 0 Å². The molecule has 29 heavy (non-hydrogen) atoms. The molecule has 2 aromatic rings. The zero-order valence-corrected chi connectivity index (χ0v) is 17.7. The lowest BCUT2D eigenvalue weighted by Gasteiger charge is -2.45. The van der Waals surface area contributed by atoms with Gasteiger partial charge < -0.3 is 10.6 Å². The van der Waals surface area contributed by atoms with Crippen molar-refractivity contribution in [2.75, 3.05) is 37.8 Å². The largest absolute Gasteiger partial charge is 0.351 e. The molecule has 0 unspecified atom stereocenters. The molecule has 8 heteroatoms. The molecule has 7 nitrogen and oxygen atoms in total. The molecule has 2 aliphatic heterocycles. The Morgan fingerprint density at radius 3 is 2.72 bits per heavy atom. The molecule has 1 aromatic carbocycles. The quantitative estimate of drug-likeness (QED) is 0.797. The van der Waals surface area contributed by atoms with Crippen molar-refractivity contribution >= 4 is 26.9 Å². The fourth-order valence-electron chi connectivity index (χ4n) is 5.34. The molecule has 1 spiro atoms. The molecule has 3 aliphatic rings. The van der Waals surface area contributed by atoms with Crippen LogP contribution in [0.5, 0.6) is 0 Å². The second-order valence-electron chi connectivity index (χ2n) is 9.09. The third kappa shape index (κ3) is 3.73. The van der Waals surface area contributed by atoms with Crippen LogP contribution >= 0.6 is 0 Å². The molecule has 156 valence electrons. The fourth-order valence-corrected chi connectivity index (χ4v) is 6.22. The number of hydrogen-bond donors (Lipinski definition) is 2. The van der Waals surface area contributed by atoms with Crippen molar-refractivity contribution < 1.29 is 8.42 Å². The molecule has 1 aliphatic carbocycles. The van der Waals surface area contributed by atoms with Gasteiger partial charge in [0.2, 0.25) is 16.0 Å². The number of fused-ring (bicyclic) bond motifs is 1. The van der Waals surface area contributed by atoms with Gasteiger partial charge in [-0.25, -0.2) is 22.7 Å². The summed E-state index contributed by atoms with van der Waals surface area (Å²) in [6.07, 6.45) is 8.52. The average molecular weight is 416 g/mol. The molecule has 1 aromatic heterocycles. The normalized spacial score (nSPS) is 28.7. The van der Waals surface area contributed by atoms with Gasteiger partial charge in [-0.2, -0.15) is 0 Å². The number of rotatable bonds is 4. The van der Waals surface area contributed by atoms with E-state index in [4.69, 9.17) is 4.98 Å². The maximum atomic E-state index is 11.7. The van der Waals surface area contributed by atoms with Crippen LogP contribution in [0.15, 0.2) is 24.4 Å². The first kappa shape index (κ1) is 19.2. The number of benzene rings is 1. The van der Waals surface area contributed by atoms with Crippen LogP contribution in [-0.4, -0.2) is 61.2 Å². The lowest BCUT2D eigenvalue weighted by Crippen LogP contribution is -2.42. The molecule has 3 fully saturated rings. The van der Waals surface area contributed by atoms with Crippen molar-refractivity contribution in [1.82, 2.24) is 19.6 Å². The van der Waals surface area contributed by atoms with Crippen LogP contribution in [0.3, 0.4) is 0 Å². The lowest BCUT2D eigenvalue weighted by molar-refractivity contribution is 0.128. The third-order valence-electron chi connectivity index (χ3n) is 7.03. The Kier molecular flexibility index (Phi) is 4.75. The van der Waals surface area contributed by atoms with E-state index in [9.17, 15) is 8.42 Å². The van der Waals surface area contributed by atoms with Gasteiger partial charge in [0.15, 0.2) is 0 Å². The molecule has 2 N–H and O–H groups in total. The summed E-state index contributed by atoms with van der Waals surface area (Å²) in [7, 11) is -3.10. The van der Waals surface area contributed by atoms with Gasteiger partial charge in [-0.15, -0.1) is 0 Å². The van der Waals surface area contributed by atoms with Gasteiger partial charge in [0.05, 0.1) is 11.8 Å². The maximum Gasteiger partial charge on any atom is 0.223 e. The summed E-state index contributed by atoms with van der Waals surface area (Å²) >= 11 is 0. The number of anilines is 1. The summed E-state index contributed by atoms with van der Waals surface area (Å²) in [5.41, 5.74) is 2.91. The molecule has 0 amide bonds. The van der Waals surface area contributed by atoms with Crippen LogP contribution in [0.25, 0.3) is 10.9 Å². The number of para-hydroxylation sites is 1. The smallest absolute Gasteiger partial charge is 0.223 e. The number of hydrogen-bond acceptors (Lipinski definition) is 6. The van der Waals surface area contributed by atoms with Crippen molar-refractivity contribution in [3.63, 3.8) is 0 Å². The first-order chi connectivity index (χ1) is 13.9. The molecule has 5 rings (SSSR count). The zero-order valence-electron chi connectivity index (χ0n) is 16.9. The maximum absolute atomic E-state index is 11.7. The molecule has 2 saturated heterocycles. The van der Waals surface area contributed by atoms with E-state index >= 15 is 0 Å². The Hall–Kier alpha value is -1.77. The minimum atomic E-state index is -3.10. The minimum absolute atomic E-state index is 0.203.